The first kappa shape index (κ1) is 27.3. The summed E-state index contributed by atoms with van der Waals surface area (Å²) in [7, 11) is 1.75. The Labute approximate surface area is 218 Å². The van der Waals surface area contributed by atoms with Crippen LogP contribution < -0.4 is 16.0 Å². The Balaban J connectivity index is 0.00000408. The van der Waals surface area contributed by atoms with E-state index >= 15 is 0 Å². The van der Waals surface area contributed by atoms with Crippen molar-refractivity contribution < 1.29 is 9.53 Å². The van der Waals surface area contributed by atoms with Gasteiger partial charge in [0.05, 0.1) is 6.10 Å². The monoisotopic (exact) mass is 576 g/mol. The molecule has 0 aliphatic rings. The molecule has 9 heteroatoms. The summed E-state index contributed by atoms with van der Waals surface area (Å²) < 4.78 is 7.50. The normalized spacial score (nSPS) is 11.9. The third kappa shape index (κ3) is 9.52. The molecule has 0 saturated carbocycles. The second kappa shape index (κ2) is 15.1. The molecule has 3 aromatic rings. The number of hydrogen-bond donors (Lipinski definition) is 3. The lowest BCUT2D eigenvalue weighted by atomic mass is 10.1. The topological polar surface area (TPSA) is 92.6 Å². The minimum Gasteiger partial charge on any atom is -0.374 e. The maximum atomic E-state index is 12.2. The van der Waals surface area contributed by atoms with E-state index in [-0.39, 0.29) is 42.5 Å². The number of benzene rings is 2. The van der Waals surface area contributed by atoms with Gasteiger partial charge >= 0.3 is 0 Å². The molecule has 1 amide bonds. The molecule has 3 rings (SSSR count). The highest BCUT2D eigenvalue weighted by molar-refractivity contribution is 14.0. The van der Waals surface area contributed by atoms with Gasteiger partial charge in [-0.15, -0.1) is 24.0 Å². The van der Waals surface area contributed by atoms with E-state index in [2.05, 4.69) is 45.1 Å². The number of carbonyl (C=O) groups is 1. The molecule has 1 heterocycles. The number of ether oxygens (including phenoxy) is 1. The van der Waals surface area contributed by atoms with E-state index in [1.807, 2.05) is 42.5 Å². The van der Waals surface area contributed by atoms with Crippen molar-refractivity contribution in [2.75, 3.05) is 25.5 Å². The number of guanidine groups is 1. The summed E-state index contributed by atoms with van der Waals surface area (Å²) in [6.45, 7) is 4.26. The Kier molecular flexibility index (Phi) is 12.1. The quantitative estimate of drug-likeness (QED) is 0.139. The SMILES string of the molecule is CN=C(NCCCOC(C)c1ccccc1)NCc1cccc(NC(=O)Cn2cccn2)c1.I. The van der Waals surface area contributed by atoms with Crippen molar-refractivity contribution in [3.63, 3.8) is 0 Å². The summed E-state index contributed by atoms with van der Waals surface area (Å²) in [6, 6.07) is 19.7. The Bertz CT molecular complexity index is 1010. The van der Waals surface area contributed by atoms with Crippen molar-refractivity contribution >= 4 is 41.5 Å². The van der Waals surface area contributed by atoms with E-state index in [4.69, 9.17) is 4.74 Å². The Morgan fingerprint density at radius 1 is 1.12 bits per heavy atom. The number of halogens is 1. The zero-order valence-corrected chi connectivity index (χ0v) is 21.9. The molecule has 0 bridgehead atoms. The van der Waals surface area contributed by atoms with Gasteiger partial charge in [-0.3, -0.25) is 14.5 Å². The number of amides is 1. The number of hydrogen-bond acceptors (Lipinski definition) is 4. The minimum atomic E-state index is -0.120. The van der Waals surface area contributed by atoms with E-state index in [1.54, 1.807) is 30.2 Å². The molecule has 1 atom stereocenters. The third-order valence-electron chi connectivity index (χ3n) is 5.01. The van der Waals surface area contributed by atoms with E-state index in [9.17, 15) is 4.79 Å². The fourth-order valence-corrected chi connectivity index (χ4v) is 3.27. The lowest BCUT2D eigenvalue weighted by Gasteiger charge is -2.15. The zero-order chi connectivity index (χ0) is 23.3. The molecule has 0 aliphatic carbocycles. The van der Waals surface area contributed by atoms with Crippen molar-refractivity contribution in [1.82, 2.24) is 20.4 Å². The molecule has 8 nitrogen and oxygen atoms in total. The van der Waals surface area contributed by atoms with Crippen LogP contribution in [0.5, 0.6) is 0 Å². The summed E-state index contributed by atoms with van der Waals surface area (Å²) >= 11 is 0. The smallest absolute Gasteiger partial charge is 0.246 e. The van der Waals surface area contributed by atoms with Gasteiger partial charge in [-0.05, 0) is 42.7 Å². The van der Waals surface area contributed by atoms with Gasteiger partial charge in [0.25, 0.3) is 0 Å². The van der Waals surface area contributed by atoms with Crippen LogP contribution >= 0.6 is 24.0 Å². The van der Waals surface area contributed by atoms with Crippen LogP contribution in [-0.4, -0.2) is 41.8 Å². The van der Waals surface area contributed by atoms with Crippen LogP contribution in [0.15, 0.2) is 78.0 Å². The highest BCUT2D eigenvalue weighted by Gasteiger charge is 2.06. The lowest BCUT2D eigenvalue weighted by Crippen LogP contribution is -2.37. The third-order valence-corrected chi connectivity index (χ3v) is 5.01. The fourth-order valence-electron chi connectivity index (χ4n) is 3.27. The summed E-state index contributed by atoms with van der Waals surface area (Å²) in [5, 5.41) is 13.6. The molecule has 182 valence electrons. The van der Waals surface area contributed by atoms with Crippen molar-refractivity contribution in [3.05, 3.63) is 84.2 Å². The van der Waals surface area contributed by atoms with Crippen LogP contribution in [0.3, 0.4) is 0 Å². The molecule has 2 aromatic carbocycles. The predicted octanol–water partition coefficient (Wildman–Crippen LogP) is 3.97. The van der Waals surface area contributed by atoms with Crippen molar-refractivity contribution in [2.45, 2.75) is 32.5 Å². The van der Waals surface area contributed by atoms with Crippen LogP contribution in [0.25, 0.3) is 0 Å². The Morgan fingerprint density at radius 2 is 1.94 bits per heavy atom. The van der Waals surface area contributed by atoms with E-state index in [1.165, 1.54) is 5.56 Å². The van der Waals surface area contributed by atoms with E-state index < -0.39 is 0 Å². The number of aromatic nitrogens is 2. The van der Waals surface area contributed by atoms with Crippen LogP contribution in [-0.2, 0) is 22.6 Å². The average molecular weight is 576 g/mol. The first-order chi connectivity index (χ1) is 16.1. The highest BCUT2D eigenvalue weighted by atomic mass is 127. The molecule has 0 aliphatic heterocycles. The number of nitrogens with zero attached hydrogens (tertiary/aromatic N) is 3. The van der Waals surface area contributed by atoms with Gasteiger partial charge in [0.1, 0.15) is 6.54 Å². The van der Waals surface area contributed by atoms with Gasteiger partial charge < -0.3 is 20.7 Å². The maximum absolute atomic E-state index is 12.2. The first-order valence-corrected chi connectivity index (χ1v) is 11.1. The highest BCUT2D eigenvalue weighted by Crippen LogP contribution is 2.15. The first-order valence-electron chi connectivity index (χ1n) is 11.1. The predicted molar refractivity (Wildman–Crippen MR) is 146 cm³/mol. The Hall–Kier alpha value is -2.92. The maximum Gasteiger partial charge on any atom is 0.246 e. The summed E-state index contributed by atoms with van der Waals surface area (Å²) in [4.78, 5) is 16.4. The molecular formula is C25H33IN6O2. The molecule has 3 N–H and O–H groups in total. The standard InChI is InChI=1S/C25H32N6O2.HI/c1-20(22-10-4-3-5-11-22)33-16-8-13-27-25(26-2)28-18-21-9-6-12-23(17-21)30-24(32)19-31-15-7-14-29-31;/h3-7,9-12,14-15,17,20H,8,13,16,18-19H2,1-2H3,(H,30,32)(H2,26,27,28);1H. The molecule has 1 aromatic heterocycles. The average Bonchev–Trinajstić information content (AvgIpc) is 3.34. The molecular weight excluding hydrogens is 543 g/mol. The van der Waals surface area contributed by atoms with Crippen molar-refractivity contribution in [1.29, 1.82) is 0 Å². The number of aliphatic imine (C=N–C) groups is 1. The van der Waals surface area contributed by atoms with E-state index in [0.717, 1.165) is 30.2 Å². The molecule has 0 saturated heterocycles. The van der Waals surface area contributed by atoms with Crippen LogP contribution in [0.2, 0.25) is 0 Å². The number of carbonyl (C=O) groups excluding carboxylic acids is 1. The van der Waals surface area contributed by atoms with Gasteiger partial charge in [-0.25, -0.2) is 0 Å². The number of rotatable bonds is 11. The Morgan fingerprint density at radius 3 is 2.68 bits per heavy atom. The van der Waals surface area contributed by atoms with Crippen LogP contribution in [0.1, 0.15) is 30.6 Å². The van der Waals surface area contributed by atoms with Crippen LogP contribution in [0.4, 0.5) is 5.69 Å². The van der Waals surface area contributed by atoms with Gasteiger partial charge in [-0.1, -0.05) is 42.5 Å². The largest absolute Gasteiger partial charge is 0.374 e. The second-order valence-electron chi connectivity index (χ2n) is 7.58. The summed E-state index contributed by atoms with van der Waals surface area (Å²) in [5.74, 6) is 0.601. The lowest BCUT2D eigenvalue weighted by molar-refractivity contribution is -0.116. The molecule has 0 fully saturated rings. The van der Waals surface area contributed by atoms with Crippen LogP contribution in [0, 0.1) is 0 Å². The summed E-state index contributed by atoms with van der Waals surface area (Å²) in [6.07, 6.45) is 4.36. The number of anilines is 1. The van der Waals surface area contributed by atoms with Gasteiger partial charge in [-0.2, -0.15) is 5.10 Å². The fraction of sp³-hybridized carbons (Fsp3) is 0.320. The molecule has 34 heavy (non-hydrogen) atoms. The zero-order valence-electron chi connectivity index (χ0n) is 19.6. The van der Waals surface area contributed by atoms with E-state index in [0.29, 0.717) is 13.2 Å². The van der Waals surface area contributed by atoms with Gasteiger partial charge in [0.15, 0.2) is 5.96 Å². The molecule has 0 spiro atoms. The van der Waals surface area contributed by atoms with Gasteiger partial charge in [0, 0.05) is 44.8 Å². The van der Waals surface area contributed by atoms with Crippen molar-refractivity contribution in [3.8, 4) is 0 Å². The van der Waals surface area contributed by atoms with Crippen molar-refractivity contribution in [2.24, 2.45) is 4.99 Å². The number of nitrogens with one attached hydrogen (secondary N) is 3. The van der Waals surface area contributed by atoms with Gasteiger partial charge in [0.2, 0.25) is 5.91 Å². The summed E-state index contributed by atoms with van der Waals surface area (Å²) in [5.41, 5.74) is 2.97. The molecule has 0 radical (unpaired) electrons. The second-order valence-corrected chi connectivity index (χ2v) is 7.58. The minimum absolute atomic E-state index is 0. The molecule has 1 unspecified atom stereocenters.